The van der Waals surface area contributed by atoms with Gasteiger partial charge in [0.05, 0.1) is 23.0 Å². The Kier molecular flexibility index (Phi) is 4.56. The van der Waals surface area contributed by atoms with Gasteiger partial charge in [-0.1, -0.05) is 0 Å². The zero-order valence-electron chi connectivity index (χ0n) is 13.6. The van der Waals surface area contributed by atoms with E-state index in [1.54, 1.807) is 6.07 Å². The smallest absolute Gasteiger partial charge is 0.446 e. The van der Waals surface area contributed by atoms with E-state index >= 15 is 0 Å². The van der Waals surface area contributed by atoms with Gasteiger partial charge in [-0.05, 0) is 29.8 Å². The number of methoxy groups -OCH3 is 1. The molecule has 27 heavy (non-hydrogen) atoms. The molecular weight excluding hydrogens is 382 g/mol. The van der Waals surface area contributed by atoms with Crippen LogP contribution in [0.3, 0.4) is 0 Å². The molecule has 0 radical (unpaired) electrons. The minimum atomic E-state index is -4.95. The van der Waals surface area contributed by atoms with E-state index in [0.717, 1.165) is 18.4 Å². The lowest BCUT2D eigenvalue weighted by Crippen LogP contribution is -2.09. The Hall–Kier alpha value is -3.44. The maximum atomic E-state index is 12.7. The van der Waals surface area contributed by atoms with Crippen LogP contribution in [0.15, 0.2) is 51.9 Å². The number of fused-ring (bicyclic) bond motifs is 1. The van der Waals surface area contributed by atoms with Gasteiger partial charge in [0.15, 0.2) is 5.43 Å². The monoisotopic (exact) mass is 393 g/mol. The fraction of sp³-hybridized carbons (Fsp3) is 0.0625. The molecule has 0 saturated carbocycles. The number of nitrogens with zero attached hydrogens (tertiary/aromatic N) is 1. The van der Waals surface area contributed by atoms with Crippen molar-refractivity contribution in [3.8, 4) is 22.6 Å². The summed E-state index contributed by atoms with van der Waals surface area (Å²) < 4.78 is 45.0. The Balaban J connectivity index is 2.16. The van der Waals surface area contributed by atoms with Crippen molar-refractivity contribution in [1.29, 1.82) is 0 Å². The van der Waals surface area contributed by atoms with E-state index in [9.17, 15) is 23.3 Å². The van der Waals surface area contributed by atoms with E-state index in [-0.39, 0.29) is 22.1 Å². The highest BCUT2D eigenvalue weighted by Crippen LogP contribution is 2.33. The summed E-state index contributed by atoms with van der Waals surface area (Å²) in [6, 6.07) is 7.71. The van der Waals surface area contributed by atoms with Crippen LogP contribution < -0.4 is 14.3 Å². The van der Waals surface area contributed by atoms with E-state index in [4.69, 9.17) is 13.7 Å². The van der Waals surface area contributed by atoms with E-state index in [1.807, 2.05) is 0 Å². The standard InChI is InChI=1S/C16H11NO9S/c1-24-10-3-4-11-15(7-10)25-8-12(16(11)18)9-2-5-14(26-27(21,22)23)13(6-9)17(19)20/h2-8H,1H3,(H,21,22,23). The molecule has 2 aromatic carbocycles. The Morgan fingerprint density at radius 3 is 2.56 bits per heavy atom. The second kappa shape index (κ2) is 6.70. The quantitative estimate of drug-likeness (QED) is 0.392. The predicted molar refractivity (Wildman–Crippen MR) is 93.3 cm³/mol. The van der Waals surface area contributed by atoms with Gasteiger partial charge in [-0.15, -0.1) is 0 Å². The second-order valence-electron chi connectivity index (χ2n) is 5.29. The van der Waals surface area contributed by atoms with Gasteiger partial charge in [-0.3, -0.25) is 19.5 Å². The first-order valence-electron chi connectivity index (χ1n) is 7.25. The van der Waals surface area contributed by atoms with E-state index in [2.05, 4.69) is 4.18 Å². The van der Waals surface area contributed by atoms with Gasteiger partial charge in [-0.2, -0.15) is 8.42 Å². The zero-order valence-corrected chi connectivity index (χ0v) is 14.4. The number of benzene rings is 2. The van der Waals surface area contributed by atoms with Crippen molar-refractivity contribution in [3.05, 3.63) is 63.0 Å². The third-order valence-electron chi connectivity index (χ3n) is 3.64. The van der Waals surface area contributed by atoms with Crippen molar-refractivity contribution < 1.29 is 31.2 Å². The first-order valence-corrected chi connectivity index (χ1v) is 8.61. The Bertz CT molecular complexity index is 1210. The van der Waals surface area contributed by atoms with Crippen molar-refractivity contribution >= 4 is 27.1 Å². The number of rotatable bonds is 5. The number of ether oxygens (including phenoxy) is 1. The summed E-state index contributed by atoms with van der Waals surface area (Å²) >= 11 is 0. The number of nitro groups is 1. The molecule has 0 unspecified atom stereocenters. The molecule has 0 aliphatic heterocycles. The van der Waals surface area contributed by atoms with Crippen LogP contribution in [0.1, 0.15) is 0 Å². The van der Waals surface area contributed by atoms with E-state index in [0.29, 0.717) is 5.75 Å². The van der Waals surface area contributed by atoms with Crippen LogP contribution in [0, 0.1) is 10.1 Å². The topological polar surface area (TPSA) is 146 Å². The van der Waals surface area contributed by atoms with Gasteiger partial charge in [-0.25, -0.2) is 0 Å². The lowest BCUT2D eigenvalue weighted by atomic mass is 10.0. The maximum absolute atomic E-state index is 12.7. The normalized spacial score (nSPS) is 11.3. The molecule has 0 saturated heterocycles. The Morgan fingerprint density at radius 1 is 1.19 bits per heavy atom. The van der Waals surface area contributed by atoms with Crippen LogP contribution in [0.4, 0.5) is 5.69 Å². The summed E-state index contributed by atoms with van der Waals surface area (Å²) in [7, 11) is -3.49. The van der Waals surface area contributed by atoms with Crippen LogP contribution in [-0.2, 0) is 10.4 Å². The van der Waals surface area contributed by atoms with Crippen LogP contribution >= 0.6 is 0 Å². The molecule has 0 atom stereocenters. The average Bonchev–Trinajstić information content (AvgIpc) is 2.60. The van der Waals surface area contributed by atoms with Crippen LogP contribution in [0.25, 0.3) is 22.1 Å². The fourth-order valence-corrected chi connectivity index (χ4v) is 2.81. The third-order valence-corrected chi connectivity index (χ3v) is 4.03. The Labute approximate surface area is 151 Å². The largest absolute Gasteiger partial charge is 0.497 e. The van der Waals surface area contributed by atoms with Gasteiger partial charge in [0.25, 0.3) is 0 Å². The highest BCUT2D eigenvalue weighted by molar-refractivity contribution is 7.81. The van der Waals surface area contributed by atoms with Crippen LogP contribution in [0.5, 0.6) is 11.5 Å². The molecule has 11 heteroatoms. The molecular formula is C16H11NO9S. The fourth-order valence-electron chi connectivity index (χ4n) is 2.45. The average molecular weight is 393 g/mol. The van der Waals surface area contributed by atoms with Crippen LogP contribution in [0.2, 0.25) is 0 Å². The van der Waals surface area contributed by atoms with Crippen LogP contribution in [-0.4, -0.2) is 25.0 Å². The van der Waals surface area contributed by atoms with E-state index < -0.39 is 32.2 Å². The van der Waals surface area contributed by atoms with Crippen molar-refractivity contribution in [1.82, 2.24) is 0 Å². The molecule has 0 amide bonds. The summed E-state index contributed by atoms with van der Waals surface area (Å²) in [5, 5.41) is 11.4. The molecule has 0 fully saturated rings. The molecule has 3 rings (SSSR count). The first-order chi connectivity index (χ1) is 12.7. The van der Waals surface area contributed by atoms with Gasteiger partial charge in [0, 0.05) is 12.1 Å². The van der Waals surface area contributed by atoms with Crippen molar-refractivity contribution in [2.75, 3.05) is 7.11 Å². The number of hydrogen-bond donors (Lipinski definition) is 1. The summed E-state index contributed by atoms with van der Waals surface area (Å²) in [5.74, 6) is -0.207. The molecule has 1 aromatic heterocycles. The molecule has 0 aliphatic rings. The first kappa shape index (κ1) is 18.4. The number of nitro benzene ring substituents is 1. The molecule has 1 N–H and O–H groups in total. The maximum Gasteiger partial charge on any atom is 0.446 e. The highest BCUT2D eigenvalue weighted by atomic mass is 32.3. The number of hydrogen-bond acceptors (Lipinski definition) is 8. The third kappa shape index (κ3) is 3.73. The van der Waals surface area contributed by atoms with Gasteiger partial charge < -0.3 is 13.3 Å². The van der Waals surface area contributed by atoms with Crippen molar-refractivity contribution in [3.63, 3.8) is 0 Å². The summed E-state index contributed by atoms with van der Waals surface area (Å²) in [6.45, 7) is 0. The molecule has 3 aromatic rings. The van der Waals surface area contributed by atoms with Crippen molar-refractivity contribution in [2.24, 2.45) is 0 Å². The van der Waals surface area contributed by atoms with E-state index in [1.165, 1.54) is 25.3 Å². The molecule has 0 bridgehead atoms. The van der Waals surface area contributed by atoms with Gasteiger partial charge in [0.1, 0.15) is 17.6 Å². The Morgan fingerprint density at radius 2 is 1.93 bits per heavy atom. The van der Waals surface area contributed by atoms with Crippen molar-refractivity contribution in [2.45, 2.75) is 0 Å². The molecule has 140 valence electrons. The molecule has 0 aliphatic carbocycles. The summed E-state index contributed by atoms with van der Waals surface area (Å²) in [4.78, 5) is 23.0. The lowest BCUT2D eigenvalue weighted by Gasteiger charge is -2.07. The molecule has 10 nitrogen and oxygen atoms in total. The molecule has 1 heterocycles. The highest BCUT2D eigenvalue weighted by Gasteiger charge is 2.22. The lowest BCUT2D eigenvalue weighted by molar-refractivity contribution is -0.385. The predicted octanol–water partition coefficient (Wildman–Crippen LogP) is 2.56. The second-order valence-corrected chi connectivity index (χ2v) is 6.31. The SMILES string of the molecule is COc1ccc2c(=O)c(-c3ccc(OS(=O)(=O)O)c([N+](=O)[O-])c3)coc2c1. The minimum Gasteiger partial charge on any atom is -0.497 e. The minimum absolute atomic E-state index is 0.0224. The summed E-state index contributed by atoms with van der Waals surface area (Å²) in [5.41, 5.74) is -0.801. The van der Waals surface area contributed by atoms with Gasteiger partial charge >= 0.3 is 16.1 Å². The van der Waals surface area contributed by atoms with Gasteiger partial charge in [0.2, 0.25) is 5.75 Å². The zero-order chi connectivity index (χ0) is 19.8. The summed E-state index contributed by atoms with van der Waals surface area (Å²) in [6.07, 6.45) is 1.13. The molecule has 0 spiro atoms.